The summed E-state index contributed by atoms with van der Waals surface area (Å²) in [5.41, 5.74) is 2.39. The Bertz CT molecular complexity index is 1220. The zero-order valence-corrected chi connectivity index (χ0v) is 26.7. The number of esters is 1. The summed E-state index contributed by atoms with van der Waals surface area (Å²) in [7, 11) is 0. The summed E-state index contributed by atoms with van der Waals surface area (Å²) in [5.74, 6) is 3.08. The second kappa shape index (κ2) is 9.81. The van der Waals surface area contributed by atoms with Crippen LogP contribution in [0.15, 0.2) is 42.5 Å². The number of hydrogen-bond acceptors (Lipinski definition) is 3. The number of ketones is 1. The first-order chi connectivity index (χ1) is 19.3. The molecular formula is C38H54O3. The molecule has 0 saturated heterocycles. The van der Waals surface area contributed by atoms with Gasteiger partial charge in [0.1, 0.15) is 12.4 Å². The van der Waals surface area contributed by atoms with Gasteiger partial charge in [0.2, 0.25) is 0 Å². The summed E-state index contributed by atoms with van der Waals surface area (Å²) >= 11 is 0. The number of benzene rings is 1. The predicted molar refractivity (Wildman–Crippen MR) is 165 cm³/mol. The fourth-order valence-electron chi connectivity index (χ4n) is 12.4. The summed E-state index contributed by atoms with van der Waals surface area (Å²) in [6, 6.07) is 10.2. The van der Waals surface area contributed by atoms with Gasteiger partial charge in [-0.15, -0.1) is 6.58 Å². The Kier molecular flexibility index (Phi) is 6.99. The van der Waals surface area contributed by atoms with Crippen molar-refractivity contribution in [2.24, 2.45) is 56.7 Å². The second-order valence-electron chi connectivity index (χ2n) is 16.5. The first-order valence-electron chi connectivity index (χ1n) is 16.7. The third-order valence-corrected chi connectivity index (χ3v) is 14.5. The SMILES string of the molecule is C=C(C)CC1CCC2(C(=O)OCc3ccccc3)CCC3(C)C(CCC4C5(C)CCC(=O)C(C)(C)C5CCC43C)C12. The lowest BCUT2D eigenvalue weighted by Gasteiger charge is -2.72. The number of hydrogen-bond donors (Lipinski definition) is 0. The van der Waals surface area contributed by atoms with Gasteiger partial charge in [-0.3, -0.25) is 9.59 Å². The highest BCUT2D eigenvalue weighted by atomic mass is 16.5. The van der Waals surface area contributed by atoms with Crippen molar-refractivity contribution in [2.75, 3.05) is 0 Å². The van der Waals surface area contributed by atoms with Crippen molar-refractivity contribution < 1.29 is 14.3 Å². The van der Waals surface area contributed by atoms with E-state index in [1.54, 1.807) is 0 Å². The molecule has 3 heteroatoms. The third-order valence-electron chi connectivity index (χ3n) is 14.5. The standard InChI is InChI=1S/C38H54O3/c1-25(2)23-27-15-20-38(33(40)41-24-26-11-9-8-10-12-26)22-21-36(6)28(32(27)38)13-14-30-35(5)18-17-31(39)34(3,4)29(35)16-19-37(30,36)7/h8-12,27-30,32H,1,13-24H2,2-7H3. The minimum absolute atomic E-state index is 0.0631. The van der Waals surface area contributed by atoms with Gasteiger partial charge in [0.15, 0.2) is 0 Å². The molecule has 0 amide bonds. The zero-order chi connectivity index (χ0) is 29.4. The van der Waals surface area contributed by atoms with Gasteiger partial charge in [-0.25, -0.2) is 0 Å². The van der Waals surface area contributed by atoms with Crippen LogP contribution < -0.4 is 0 Å². The van der Waals surface area contributed by atoms with Crippen LogP contribution in [0.1, 0.15) is 118 Å². The normalized spacial score (nSPS) is 44.6. The van der Waals surface area contributed by atoms with Crippen LogP contribution in [-0.2, 0) is 20.9 Å². The number of carbonyl (C=O) groups excluding carboxylic acids is 2. The molecule has 0 aliphatic heterocycles. The molecular weight excluding hydrogens is 504 g/mol. The van der Waals surface area contributed by atoms with E-state index in [4.69, 9.17) is 4.74 Å². The molecule has 0 spiro atoms. The molecule has 5 aliphatic carbocycles. The van der Waals surface area contributed by atoms with E-state index in [0.717, 1.165) is 56.9 Å². The van der Waals surface area contributed by atoms with Crippen LogP contribution >= 0.6 is 0 Å². The van der Waals surface area contributed by atoms with Crippen LogP contribution in [0.5, 0.6) is 0 Å². The molecule has 6 rings (SSSR count). The monoisotopic (exact) mass is 558 g/mol. The Hall–Kier alpha value is -1.90. The second-order valence-corrected chi connectivity index (χ2v) is 16.5. The van der Waals surface area contributed by atoms with E-state index < -0.39 is 0 Å². The number of ether oxygens (including phenoxy) is 1. The average molecular weight is 559 g/mol. The molecule has 5 fully saturated rings. The summed E-state index contributed by atoms with van der Waals surface area (Å²) < 4.78 is 6.20. The fourth-order valence-corrected chi connectivity index (χ4v) is 12.4. The van der Waals surface area contributed by atoms with Gasteiger partial charge < -0.3 is 4.74 Å². The van der Waals surface area contributed by atoms with Crippen LogP contribution in [0.2, 0.25) is 0 Å². The first-order valence-corrected chi connectivity index (χ1v) is 16.7. The van der Waals surface area contributed by atoms with E-state index in [2.05, 4.69) is 60.3 Å². The average Bonchev–Trinajstić information content (AvgIpc) is 3.29. The maximum absolute atomic E-state index is 14.2. The summed E-state index contributed by atoms with van der Waals surface area (Å²) in [5, 5.41) is 0. The van der Waals surface area contributed by atoms with Gasteiger partial charge in [-0.05, 0) is 123 Å². The third kappa shape index (κ3) is 4.10. The molecule has 0 N–H and O–H groups in total. The molecule has 41 heavy (non-hydrogen) atoms. The maximum Gasteiger partial charge on any atom is 0.312 e. The van der Waals surface area contributed by atoms with E-state index in [-0.39, 0.29) is 33.0 Å². The lowest BCUT2D eigenvalue weighted by Crippen LogP contribution is -2.66. The Morgan fingerprint density at radius 2 is 1.61 bits per heavy atom. The van der Waals surface area contributed by atoms with Crippen LogP contribution in [-0.4, -0.2) is 11.8 Å². The molecule has 0 bridgehead atoms. The highest BCUT2D eigenvalue weighted by molar-refractivity contribution is 5.85. The van der Waals surface area contributed by atoms with Crippen molar-refractivity contribution in [3.05, 3.63) is 48.0 Å². The van der Waals surface area contributed by atoms with Crippen LogP contribution in [0, 0.1) is 56.7 Å². The molecule has 224 valence electrons. The van der Waals surface area contributed by atoms with Gasteiger partial charge in [0, 0.05) is 11.8 Å². The molecule has 1 aromatic rings. The lowest BCUT2D eigenvalue weighted by atomic mass is 9.32. The van der Waals surface area contributed by atoms with E-state index >= 15 is 0 Å². The summed E-state index contributed by atoms with van der Waals surface area (Å²) in [6.07, 6.45) is 11.8. The van der Waals surface area contributed by atoms with Crippen LogP contribution in [0.25, 0.3) is 0 Å². The molecule has 3 nitrogen and oxygen atoms in total. The maximum atomic E-state index is 14.2. The van der Waals surface area contributed by atoms with Crippen LogP contribution in [0.3, 0.4) is 0 Å². The Balaban J connectivity index is 1.34. The van der Waals surface area contributed by atoms with Gasteiger partial charge in [0.05, 0.1) is 5.41 Å². The number of rotatable bonds is 5. The largest absolute Gasteiger partial charge is 0.460 e. The molecule has 5 aliphatic rings. The minimum Gasteiger partial charge on any atom is -0.460 e. The van der Waals surface area contributed by atoms with E-state index in [1.165, 1.54) is 24.8 Å². The minimum atomic E-state index is -0.359. The molecule has 5 saturated carbocycles. The molecule has 0 heterocycles. The quantitative estimate of drug-likeness (QED) is 0.267. The number of fused-ring (bicyclic) bond motifs is 7. The van der Waals surface area contributed by atoms with Crippen LogP contribution in [0.4, 0.5) is 0 Å². The zero-order valence-electron chi connectivity index (χ0n) is 26.7. The molecule has 0 radical (unpaired) electrons. The van der Waals surface area contributed by atoms with Gasteiger partial charge in [0.25, 0.3) is 0 Å². The van der Waals surface area contributed by atoms with E-state index in [0.29, 0.717) is 42.0 Å². The lowest BCUT2D eigenvalue weighted by molar-refractivity contribution is -0.237. The number of carbonyl (C=O) groups is 2. The molecule has 9 atom stereocenters. The topological polar surface area (TPSA) is 43.4 Å². The fraction of sp³-hybridized carbons (Fsp3) is 0.737. The highest BCUT2D eigenvalue weighted by Gasteiger charge is 2.72. The molecule has 0 aromatic heterocycles. The Morgan fingerprint density at radius 3 is 2.32 bits per heavy atom. The van der Waals surface area contributed by atoms with E-state index in [1.807, 2.05) is 18.2 Å². The van der Waals surface area contributed by atoms with Crippen molar-refractivity contribution >= 4 is 11.8 Å². The van der Waals surface area contributed by atoms with Crippen molar-refractivity contribution in [3.8, 4) is 0 Å². The smallest absolute Gasteiger partial charge is 0.312 e. The van der Waals surface area contributed by atoms with Crippen molar-refractivity contribution in [2.45, 2.75) is 119 Å². The van der Waals surface area contributed by atoms with Gasteiger partial charge in [-0.1, -0.05) is 70.5 Å². The van der Waals surface area contributed by atoms with Gasteiger partial charge >= 0.3 is 5.97 Å². The molecule has 9 unspecified atom stereocenters. The van der Waals surface area contributed by atoms with Crippen molar-refractivity contribution in [3.63, 3.8) is 0 Å². The van der Waals surface area contributed by atoms with Crippen molar-refractivity contribution in [1.82, 2.24) is 0 Å². The number of Topliss-reactive ketones (excluding diaryl/α,β-unsaturated/α-hetero) is 1. The Labute approximate surface area is 249 Å². The summed E-state index contributed by atoms with van der Waals surface area (Å²) in [6.45, 7) is 19.2. The highest BCUT2D eigenvalue weighted by Crippen LogP contribution is 2.77. The van der Waals surface area contributed by atoms with E-state index in [9.17, 15) is 9.59 Å². The van der Waals surface area contributed by atoms with Gasteiger partial charge in [-0.2, -0.15) is 0 Å². The summed E-state index contributed by atoms with van der Waals surface area (Å²) in [4.78, 5) is 27.3. The first kappa shape index (κ1) is 29.2. The number of allylic oxidation sites excluding steroid dienone is 1. The Morgan fingerprint density at radius 1 is 0.878 bits per heavy atom. The van der Waals surface area contributed by atoms with Crippen molar-refractivity contribution in [1.29, 1.82) is 0 Å². The molecule has 1 aromatic carbocycles. The predicted octanol–water partition coefficient (Wildman–Crippen LogP) is 9.35.